The predicted molar refractivity (Wildman–Crippen MR) is 121 cm³/mol. The molecule has 0 spiro atoms. The molecule has 0 bridgehead atoms. The van der Waals surface area contributed by atoms with Gasteiger partial charge in [0.05, 0.1) is 40.5 Å². The van der Waals surface area contributed by atoms with Crippen molar-refractivity contribution in [3.05, 3.63) is 54.1 Å². The fraction of sp³-hybridized carbons (Fsp3) is 0.478. The molecule has 0 unspecified atom stereocenters. The smallest absolute Gasteiger partial charge is 0.119 e. The number of aliphatic hydroxyl groups is 2. The number of rotatable bonds is 12. The predicted octanol–water partition coefficient (Wildman–Crippen LogP) is 2.69. The summed E-state index contributed by atoms with van der Waals surface area (Å²) in [4.78, 5) is 0. The van der Waals surface area contributed by atoms with Crippen LogP contribution in [0.2, 0.25) is 19.1 Å². The van der Waals surface area contributed by atoms with Crippen molar-refractivity contribution in [2.24, 2.45) is 5.73 Å². The number of nitrogens with two attached hydrogens (primary N) is 1. The Morgan fingerprint density at radius 3 is 2.31 bits per heavy atom. The van der Waals surface area contributed by atoms with Gasteiger partial charge in [-0.25, -0.2) is 0 Å². The lowest BCUT2D eigenvalue weighted by atomic mass is 9.94. The highest BCUT2D eigenvalue weighted by molar-refractivity contribution is 6.89. The molecule has 0 aromatic heterocycles. The molecule has 2 rings (SSSR count). The van der Waals surface area contributed by atoms with Crippen LogP contribution in [0.15, 0.2) is 48.5 Å². The molecule has 2 aromatic carbocycles. The van der Waals surface area contributed by atoms with Crippen molar-refractivity contribution in [2.45, 2.75) is 43.9 Å². The van der Waals surface area contributed by atoms with Gasteiger partial charge in [0.2, 0.25) is 0 Å². The highest BCUT2D eigenvalue weighted by Gasteiger charge is 2.24. The Balaban J connectivity index is 1.78. The number of ether oxygens (including phenoxy) is 2. The van der Waals surface area contributed by atoms with Crippen LogP contribution < -0.4 is 20.4 Å². The number of aliphatic hydroxyl groups excluding tert-OH is 2. The normalized spacial score (nSPS) is 12.1. The van der Waals surface area contributed by atoms with Crippen LogP contribution in [-0.4, -0.2) is 50.8 Å². The quantitative estimate of drug-likeness (QED) is 0.365. The molecule has 6 heteroatoms. The molecule has 0 radical (unpaired) electrons. The Labute approximate surface area is 175 Å². The average molecular weight is 418 g/mol. The molecule has 0 aliphatic rings. The van der Waals surface area contributed by atoms with Gasteiger partial charge in [-0.05, 0) is 49.1 Å². The van der Waals surface area contributed by atoms with E-state index in [9.17, 15) is 10.2 Å². The van der Waals surface area contributed by atoms with Gasteiger partial charge >= 0.3 is 0 Å². The number of hydrogen-bond acceptors (Lipinski definition) is 5. The van der Waals surface area contributed by atoms with Gasteiger partial charge in [-0.2, -0.15) is 0 Å². The number of benzene rings is 2. The molecule has 0 saturated heterocycles. The zero-order valence-electron chi connectivity index (χ0n) is 17.9. The highest BCUT2D eigenvalue weighted by Crippen LogP contribution is 2.19. The van der Waals surface area contributed by atoms with Crippen LogP contribution >= 0.6 is 0 Å². The summed E-state index contributed by atoms with van der Waals surface area (Å²) in [6.45, 7) is 5.01. The lowest BCUT2D eigenvalue weighted by molar-refractivity contribution is 0.115. The summed E-state index contributed by atoms with van der Waals surface area (Å²) in [5.74, 6) is 1.78. The van der Waals surface area contributed by atoms with Crippen LogP contribution in [0.5, 0.6) is 11.5 Å². The van der Waals surface area contributed by atoms with E-state index in [1.165, 1.54) is 5.19 Å². The molecule has 0 amide bonds. The molecule has 2 aromatic rings. The molecule has 0 fully saturated rings. The van der Waals surface area contributed by atoms with Crippen molar-refractivity contribution in [3.63, 3.8) is 0 Å². The molecule has 29 heavy (non-hydrogen) atoms. The Morgan fingerprint density at radius 2 is 1.69 bits per heavy atom. The minimum atomic E-state index is -1.52. The SMILES string of the molecule is COc1cccc([Si](C)(C)CCCOc2ccc(CCC(N)(CO)CO)cc2)c1. The second kappa shape index (κ2) is 10.8. The van der Waals surface area contributed by atoms with Crippen LogP contribution in [-0.2, 0) is 6.42 Å². The summed E-state index contributed by atoms with van der Waals surface area (Å²) in [6, 6.07) is 17.5. The summed E-state index contributed by atoms with van der Waals surface area (Å²) in [7, 11) is 0.184. The molecule has 0 saturated carbocycles. The van der Waals surface area contributed by atoms with Crippen molar-refractivity contribution >= 4 is 13.3 Å². The molecule has 160 valence electrons. The minimum absolute atomic E-state index is 0.222. The van der Waals surface area contributed by atoms with E-state index in [2.05, 4.69) is 31.3 Å². The monoisotopic (exact) mass is 417 g/mol. The van der Waals surface area contributed by atoms with Crippen LogP contribution in [0, 0.1) is 0 Å². The molecule has 0 atom stereocenters. The number of aryl methyl sites for hydroxylation is 1. The maximum absolute atomic E-state index is 9.28. The molecular formula is C23H35NO4Si. The van der Waals surface area contributed by atoms with E-state index in [-0.39, 0.29) is 13.2 Å². The summed E-state index contributed by atoms with van der Waals surface area (Å²) in [5.41, 5.74) is 6.11. The zero-order valence-corrected chi connectivity index (χ0v) is 18.9. The van der Waals surface area contributed by atoms with Crippen molar-refractivity contribution in [3.8, 4) is 11.5 Å². The third-order valence-corrected chi connectivity index (χ3v) is 9.01. The van der Waals surface area contributed by atoms with Crippen molar-refractivity contribution < 1.29 is 19.7 Å². The maximum Gasteiger partial charge on any atom is 0.119 e. The lowest BCUT2D eigenvalue weighted by Gasteiger charge is -2.24. The number of methoxy groups -OCH3 is 1. The fourth-order valence-corrected chi connectivity index (χ4v) is 5.64. The van der Waals surface area contributed by atoms with Crippen molar-refractivity contribution in [1.29, 1.82) is 0 Å². The van der Waals surface area contributed by atoms with E-state index in [0.717, 1.165) is 29.5 Å². The summed E-state index contributed by atoms with van der Waals surface area (Å²) in [5, 5.41) is 20.0. The van der Waals surface area contributed by atoms with E-state index in [0.29, 0.717) is 19.4 Å². The van der Waals surface area contributed by atoms with E-state index in [4.69, 9.17) is 15.2 Å². The van der Waals surface area contributed by atoms with Gasteiger partial charge in [0, 0.05) is 0 Å². The average Bonchev–Trinajstić information content (AvgIpc) is 2.76. The first-order valence-electron chi connectivity index (χ1n) is 10.2. The van der Waals surface area contributed by atoms with Gasteiger partial charge in [-0.3, -0.25) is 0 Å². The molecular weight excluding hydrogens is 382 g/mol. The van der Waals surface area contributed by atoms with Gasteiger partial charge < -0.3 is 25.4 Å². The minimum Gasteiger partial charge on any atom is -0.497 e. The Bertz CT molecular complexity index is 745. The van der Waals surface area contributed by atoms with Crippen molar-refractivity contribution in [1.82, 2.24) is 0 Å². The number of hydrogen-bond donors (Lipinski definition) is 3. The first kappa shape index (κ1) is 23.4. The first-order chi connectivity index (χ1) is 13.8. The van der Waals surface area contributed by atoms with Gasteiger partial charge in [-0.1, -0.05) is 48.6 Å². The van der Waals surface area contributed by atoms with Gasteiger partial charge in [0.15, 0.2) is 0 Å². The lowest BCUT2D eigenvalue weighted by Crippen LogP contribution is -2.47. The van der Waals surface area contributed by atoms with E-state index in [1.54, 1.807) is 7.11 Å². The summed E-state index contributed by atoms with van der Waals surface area (Å²) < 4.78 is 11.3. The van der Waals surface area contributed by atoms with Crippen LogP contribution in [0.25, 0.3) is 0 Å². The largest absolute Gasteiger partial charge is 0.497 e. The first-order valence-corrected chi connectivity index (χ1v) is 13.4. The van der Waals surface area contributed by atoms with Crippen molar-refractivity contribution in [2.75, 3.05) is 26.9 Å². The molecule has 0 heterocycles. The molecule has 0 aliphatic heterocycles. The topological polar surface area (TPSA) is 84.9 Å². The molecule has 5 nitrogen and oxygen atoms in total. The second-order valence-electron chi connectivity index (χ2n) is 8.39. The maximum atomic E-state index is 9.28. The Hall–Kier alpha value is -1.86. The highest BCUT2D eigenvalue weighted by atomic mass is 28.3. The molecule has 4 N–H and O–H groups in total. The molecule has 0 aliphatic carbocycles. The van der Waals surface area contributed by atoms with Crippen LogP contribution in [0.4, 0.5) is 0 Å². The summed E-state index contributed by atoms with van der Waals surface area (Å²) >= 11 is 0. The van der Waals surface area contributed by atoms with Gasteiger partial charge in [-0.15, -0.1) is 0 Å². The Kier molecular flexibility index (Phi) is 8.71. The van der Waals surface area contributed by atoms with E-state index >= 15 is 0 Å². The Morgan fingerprint density at radius 1 is 1.00 bits per heavy atom. The second-order valence-corrected chi connectivity index (χ2v) is 13.2. The summed E-state index contributed by atoms with van der Waals surface area (Å²) in [6.07, 6.45) is 2.25. The van der Waals surface area contributed by atoms with E-state index < -0.39 is 13.6 Å². The van der Waals surface area contributed by atoms with Gasteiger partial charge in [0.25, 0.3) is 0 Å². The van der Waals surface area contributed by atoms with Gasteiger partial charge in [0.1, 0.15) is 11.5 Å². The third-order valence-electron chi connectivity index (χ3n) is 5.53. The fourth-order valence-electron chi connectivity index (χ4n) is 3.25. The van der Waals surface area contributed by atoms with Crippen LogP contribution in [0.1, 0.15) is 18.4 Å². The third kappa shape index (κ3) is 7.15. The standard InChI is InChI=1S/C23H35NO4Si/c1-27-21-6-4-7-22(16-21)29(2,3)15-5-14-28-20-10-8-19(9-11-20)12-13-23(24,17-25)18-26/h4,6-11,16,25-26H,5,12-15,17-18,24H2,1-3H3. The van der Waals surface area contributed by atoms with Crippen LogP contribution in [0.3, 0.4) is 0 Å². The van der Waals surface area contributed by atoms with E-state index in [1.807, 2.05) is 30.3 Å². The zero-order chi connectivity index (χ0) is 21.3.